The molecule has 0 aromatic carbocycles. The molecule has 0 saturated heterocycles. The number of H-pyrrole nitrogens is 1. The summed E-state index contributed by atoms with van der Waals surface area (Å²) in [6.07, 6.45) is 11.6. The van der Waals surface area contributed by atoms with Crippen molar-refractivity contribution in [2.45, 2.75) is 26.8 Å². The summed E-state index contributed by atoms with van der Waals surface area (Å²) >= 11 is 0. The zero-order valence-corrected chi connectivity index (χ0v) is 17.1. The molecule has 1 atom stereocenters. The second kappa shape index (κ2) is 8.87. The van der Waals surface area contributed by atoms with Crippen LogP contribution in [0.4, 0.5) is 0 Å². The number of aliphatic imine (C=N–C) groups is 1. The summed E-state index contributed by atoms with van der Waals surface area (Å²) in [7, 11) is 0. The summed E-state index contributed by atoms with van der Waals surface area (Å²) in [6.45, 7) is 5.91. The van der Waals surface area contributed by atoms with Crippen LogP contribution in [-0.4, -0.2) is 34.3 Å². The van der Waals surface area contributed by atoms with Crippen LogP contribution >= 0.6 is 0 Å². The van der Waals surface area contributed by atoms with Gasteiger partial charge in [0.1, 0.15) is 5.92 Å². The maximum atomic E-state index is 12.0. The number of rotatable bonds is 7. The second-order valence-electron chi connectivity index (χ2n) is 7.31. The predicted molar refractivity (Wildman–Crippen MR) is 118 cm³/mol. The monoisotopic (exact) mass is 403 g/mol. The molecular weight excluding hydrogens is 378 g/mol. The van der Waals surface area contributed by atoms with Gasteiger partial charge in [-0.25, -0.2) is 5.43 Å². The van der Waals surface area contributed by atoms with Gasteiger partial charge in [-0.05, 0) is 61.7 Å². The number of carbonyl (C=O) groups is 1. The first kappa shape index (κ1) is 19.8. The fraction of sp³-hybridized carbons (Fsp3) is 0.273. The molecule has 0 bridgehead atoms. The lowest BCUT2D eigenvalue weighted by Gasteiger charge is -2.16. The van der Waals surface area contributed by atoms with E-state index in [2.05, 4.69) is 50.0 Å². The maximum absolute atomic E-state index is 12.0. The average Bonchev–Trinajstić information content (AvgIpc) is 3.30. The van der Waals surface area contributed by atoms with E-state index in [1.165, 1.54) is 16.7 Å². The molecule has 4 N–H and O–H groups in total. The number of hydrazone groups is 1. The van der Waals surface area contributed by atoms with Gasteiger partial charge in [0.15, 0.2) is 0 Å². The summed E-state index contributed by atoms with van der Waals surface area (Å²) in [6, 6.07) is 4.04. The standard InChI is InChI=1S/C22H25N7O/c1-14-17(5-8-24-12-16-3-6-23-7-4-16)15(2)28-19(14)11-20-21(26-10-9-25-20)18-13-27-29-22(18)30/h3-4,6-7,9-11,13,18,24-25,28H,5,8,12H2,1-2H3,(H,29,30). The minimum absolute atomic E-state index is 0.169. The normalized spacial score (nSPS) is 19.1. The summed E-state index contributed by atoms with van der Waals surface area (Å²) < 4.78 is 0. The van der Waals surface area contributed by atoms with Crippen molar-refractivity contribution < 1.29 is 4.79 Å². The first-order valence-electron chi connectivity index (χ1n) is 9.95. The van der Waals surface area contributed by atoms with E-state index in [-0.39, 0.29) is 5.91 Å². The molecular formula is C22H25N7O. The number of hydrogen-bond acceptors (Lipinski definition) is 6. The number of pyridine rings is 1. The van der Waals surface area contributed by atoms with Gasteiger partial charge in [0.25, 0.3) is 5.91 Å². The molecule has 1 unspecified atom stereocenters. The Kier molecular flexibility index (Phi) is 5.85. The third-order valence-electron chi connectivity index (χ3n) is 5.33. The Hall–Kier alpha value is -3.52. The largest absolute Gasteiger partial charge is 0.359 e. The van der Waals surface area contributed by atoms with Crippen LogP contribution in [-0.2, 0) is 17.8 Å². The number of amides is 1. The number of carbonyl (C=O) groups excluding carboxylic acids is 1. The Morgan fingerprint density at radius 1 is 1.23 bits per heavy atom. The van der Waals surface area contributed by atoms with Gasteiger partial charge in [-0.15, -0.1) is 0 Å². The van der Waals surface area contributed by atoms with Crippen molar-refractivity contribution in [1.29, 1.82) is 0 Å². The Bertz CT molecular complexity index is 1050. The molecule has 8 heteroatoms. The van der Waals surface area contributed by atoms with Crippen LogP contribution in [0.25, 0.3) is 6.08 Å². The van der Waals surface area contributed by atoms with Gasteiger partial charge in [0, 0.05) is 48.9 Å². The van der Waals surface area contributed by atoms with Gasteiger partial charge in [-0.2, -0.15) is 5.10 Å². The van der Waals surface area contributed by atoms with Crippen molar-refractivity contribution in [3.63, 3.8) is 0 Å². The Balaban J connectivity index is 1.46. The number of nitrogens with one attached hydrogen (secondary N) is 4. The van der Waals surface area contributed by atoms with Crippen LogP contribution < -0.4 is 16.1 Å². The molecule has 0 fully saturated rings. The van der Waals surface area contributed by atoms with Gasteiger partial charge >= 0.3 is 0 Å². The van der Waals surface area contributed by atoms with E-state index in [1.807, 2.05) is 30.6 Å². The van der Waals surface area contributed by atoms with Gasteiger partial charge in [-0.3, -0.25) is 14.8 Å². The summed E-state index contributed by atoms with van der Waals surface area (Å²) in [5.41, 5.74) is 9.80. The van der Waals surface area contributed by atoms with Crippen LogP contribution in [0, 0.1) is 19.8 Å². The second-order valence-corrected chi connectivity index (χ2v) is 7.31. The van der Waals surface area contributed by atoms with Crippen LogP contribution in [0.2, 0.25) is 0 Å². The van der Waals surface area contributed by atoms with Gasteiger partial charge in [0.2, 0.25) is 0 Å². The van der Waals surface area contributed by atoms with Crippen LogP contribution in [0.3, 0.4) is 0 Å². The van der Waals surface area contributed by atoms with E-state index < -0.39 is 5.92 Å². The molecule has 0 radical (unpaired) electrons. The molecule has 2 aromatic heterocycles. The van der Waals surface area contributed by atoms with E-state index in [4.69, 9.17) is 0 Å². The number of aromatic nitrogens is 2. The quantitative estimate of drug-likeness (QED) is 0.530. The van der Waals surface area contributed by atoms with Crippen LogP contribution in [0.5, 0.6) is 0 Å². The number of nitrogens with zero attached hydrogens (tertiary/aromatic N) is 3. The fourth-order valence-electron chi connectivity index (χ4n) is 3.68. The summed E-state index contributed by atoms with van der Waals surface area (Å²) in [5, 5.41) is 10.6. The zero-order valence-electron chi connectivity index (χ0n) is 17.1. The zero-order chi connectivity index (χ0) is 20.9. The van der Waals surface area contributed by atoms with Crippen molar-refractivity contribution in [2.24, 2.45) is 16.0 Å². The summed E-state index contributed by atoms with van der Waals surface area (Å²) in [5.74, 6) is -0.654. The molecule has 0 spiro atoms. The Morgan fingerprint density at radius 3 is 2.83 bits per heavy atom. The van der Waals surface area contributed by atoms with Crippen molar-refractivity contribution in [3.05, 3.63) is 70.7 Å². The average molecular weight is 403 g/mol. The van der Waals surface area contributed by atoms with E-state index in [0.29, 0.717) is 5.71 Å². The molecule has 2 aliphatic heterocycles. The van der Waals surface area contributed by atoms with Crippen molar-refractivity contribution in [1.82, 2.24) is 26.0 Å². The molecule has 154 valence electrons. The molecule has 2 aromatic rings. The van der Waals surface area contributed by atoms with Crippen LogP contribution in [0.15, 0.2) is 52.7 Å². The van der Waals surface area contributed by atoms with Gasteiger partial charge in [0.05, 0.1) is 11.4 Å². The number of aryl methyl sites for hydroxylation is 1. The van der Waals surface area contributed by atoms with Crippen molar-refractivity contribution in [3.8, 4) is 0 Å². The molecule has 0 saturated carbocycles. The van der Waals surface area contributed by atoms with E-state index in [1.54, 1.807) is 18.6 Å². The maximum Gasteiger partial charge on any atom is 0.254 e. The molecule has 4 rings (SSSR count). The number of hydrogen-bond donors (Lipinski definition) is 4. The molecule has 30 heavy (non-hydrogen) atoms. The molecule has 8 nitrogen and oxygen atoms in total. The summed E-state index contributed by atoms with van der Waals surface area (Å²) in [4.78, 5) is 24.0. The third-order valence-corrected chi connectivity index (χ3v) is 5.33. The molecule has 2 aliphatic rings. The lowest BCUT2D eigenvalue weighted by atomic mass is 9.99. The van der Waals surface area contributed by atoms with Crippen molar-refractivity contribution in [2.75, 3.05) is 6.54 Å². The SMILES string of the molecule is Cc1[nH]c(C=C2NC=CN=C2C2C=NNC2=O)c(C)c1CCNCc1ccncc1. The first-order chi connectivity index (χ1) is 14.6. The predicted octanol–water partition coefficient (Wildman–Crippen LogP) is 1.95. The highest BCUT2D eigenvalue weighted by Crippen LogP contribution is 2.22. The number of allylic oxidation sites excluding steroid dienone is 1. The minimum atomic E-state index is -0.484. The lowest BCUT2D eigenvalue weighted by Crippen LogP contribution is -2.32. The molecule has 4 heterocycles. The van der Waals surface area contributed by atoms with E-state index >= 15 is 0 Å². The van der Waals surface area contributed by atoms with Gasteiger partial charge in [-0.1, -0.05) is 0 Å². The van der Waals surface area contributed by atoms with E-state index in [9.17, 15) is 4.79 Å². The smallest absolute Gasteiger partial charge is 0.254 e. The van der Waals surface area contributed by atoms with E-state index in [0.717, 1.165) is 36.6 Å². The van der Waals surface area contributed by atoms with Crippen molar-refractivity contribution >= 4 is 23.9 Å². The fourth-order valence-corrected chi connectivity index (χ4v) is 3.68. The molecule has 1 amide bonds. The van der Waals surface area contributed by atoms with Crippen LogP contribution in [0.1, 0.15) is 28.1 Å². The minimum Gasteiger partial charge on any atom is -0.359 e. The lowest BCUT2D eigenvalue weighted by molar-refractivity contribution is -0.120. The first-order valence-corrected chi connectivity index (χ1v) is 9.95. The van der Waals surface area contributed by atoms with Gasteiger partial charge < -0.3 is 15.6 Å². The highest BCUT2D eigenvalue weighted by atomic mass is 16.2. The number of aromatic amines is 1. The Morgan fingerprint density at radius 2 is 2.07 bits per heavy atom. The topological polar surface area (TPSA) is 107 Å². The highest BCUT2D eigenvalue weighted by Gasteiger charge is 2.29. The highest BCUT2D eigenvalue weighted by molar-refractivity contribution is 6.24. The Labute approximate surface area is 175 Å². The molecule has 0 aliphatic carbocycles. The third kappa shape index (κ3) is 4.23.